The molecule has 0 spiro atoms. The molecule has 1 aromatic heterocycles. The van der Waals surface area contributed by atoms with Gasteiger partial charge >= 0.3 is 6.18 Å². The van der Waals surface area contributed by atoms with E-state index >= 15 is 0 Å². The molecular weight excluding hydrogens is 351 g/mol. The number of carbonyl (C=O) groups excluding carboxylic acids is 1. The number of halogens is 4. The van der Waals surface area contributed by atoms with Gasteiger partial charge < -0.3 is 10.1 Å². The molecule has 23 heavy (non-hydrogen) atoms. The molecule has 8 heteroatoms. The molecule has 1 N–H and O–H groups in total. The van der Waals surface area contributed by atoms with Crippen LogP contribution in [0.15, 0.2) is 30.3 Å². The lowest BCUT2D eigenvalue weighted by molar-refractivity contribution is -0.137. The van der Waals surface area contributed by atoms with Gasteiger partial charge in [0, 0.05) is 0 Å². The molecule has 0 bridgehead atoms. The number of anilines is 1. The second-order valence-corrected chi connectivity index (χ2v) is 6.33. The van der Waals surface area contributed by atoms with E-state index in [9.17, 15) is 18.0 Å². The van der Waals surface area contributed by atoms with Crippen molar-refractivity contribution in [1.29, 1.82) is 0 Å². The fourth-order valence-electron chi connectivity index (χ4n) is 1.76. The SMILES string of the molecule is CCCOc1ccc(C(F)(F)F)cc1NC(=O)c1ccc(Cl)s1. The van der Waals surface area contributed by atoms with E-state index < -0.39 is 17.6 Å². The quantitative estimate of drug-likeness (QED) is 0.765. The molecule has 1 heterocycles. The highest BCUT2D eigenvalue weighted by molar-refractivity contribution is 7.18. The number of rotatable bonds is 5. The zero-order valence-corrected chi connectivity index (χ0v) is 13.6. The third kappa shape index (κ3) is 4.62. The molecule has 0 aliphatic heterocycles. The van der Waals surface area contributed by atoms with Crippen LogP contribution in [0, 0.1) is 0 Å². The van der Waals surface area contributed by atoms with Crippen molar-refractivity contribution in [3.05, 3.63) is 45.1 Å². The van der Waals surface area contributed by atoms with Crippen LogP contribution in [0.3, 0.4) is 0 Å². The Morgan fingerprint density at radius 2 is 2.04 bits per heavy atom. The van der Waals surface area contributed by atoms with E-state index in [4.69, 9.17) is 16.3 Å². The minimum atomic E-state index is -4.50. The van der Waals surface area contributed by atoms with Gasteiger partial charge in [-0.2, -0.15) is 13.2 Å². The van der Waals surface area contributed by atoms with Crippen LogP contribution in [0.2, 0.25) is 4.34 Å². The minimum absolute atomic E-state index is 0.0252. The van der Waals surface area contributed by atoms with Crippen molar-refractivity contribution >= 4 is 34.5 Å². The summed E-state index contributed by atoms with van der Waals surface area (Å²) in [6, 6.07) is 6.03. The first-order valence-corrected chi connectivity index (χ1v) is 7.91. The molecule has 0 unspecified atom stereocenters. The highest BCUT2D eigenvalue weighted by atomic mass is 35.5. The normalized spacial score (nSPS) is 11.3. The van der Waals surface area contributed by atoms with Crippen LogP contribution >= 0.6 is 22.9 Å². The van der Waals surface area contributed by atoms with E-state index in [1.54, 1.807) is 6.07 Å². The van der Waals surface area contributed by atoms with Crippen molar-refractivity contribution in [2.24, 2.45) is 0 Å². The van der Waals surface area contributed by atoms with Crippen LogP contribution in [-0.4, -0.2) is 12.5 Å². The number of hydrogen-bond donors (Lipinski definition) is 1. The third-order valence-corrected chi connectivity index (χ3v) is 4.04. The predicted molar refractivity (Wildman–Crippen MR) is 84.5 cm³/mol. The summed E-state index contributed by atoms with van der Waals surface area (Å²) in [5.41, 5.74) is -0.886. The second-order valence-electron chi connectivity index (χ2n) is 4.62. The molecule has 3 nitrogen and oxygen atoms in total. The first-order valence-electron chi connectivity index (χ1n) is 6.72. The maximum absolute atomic E-state index is 12.8. The molecular formula is C15H13ClF3NO2S. The minimum Gasteiger partial charge on any atom is -0.491 e. The van der Waals surface area contributed by atoms with Gasteiger partial charge in [0.05, 0.1) is 27.1 Å². The Bertz CT molecular complexity index is 700. The summed E-state index contributed by atoms with van der Waals surface area (Å²) in [5, 5.41) is 2.45. The van der Waals surface area contributed by atoms with Gasteiger partial charge in [0.15, 0.2) is 0 Å². The number of carbonyl (C=O) groups is 1. The van der Waals surface area contributed by atoms with Gasteiger partial charge in [-0.25, -0.2) is 0 Å². The summed E-state index contributed by atoms with van der Waals surface area (Å²) >= 11 is 6.80. The molecule has 0 aliphatic carbocycles. The first kappa shape index (κ1) is 17.6. The van der Waals surface area contributed by atoms with Gasteiger partial charge in [0.2, 0.25) is 0 Å². The lowest BCUT2D eigenvalue weighted by Crippen LogP contribution is -2.13. The standard InChI is InChI=1S/C15H13ClF3NO2S/c1-2-7-22-11-4-3-9(15(17,18)19)8-10(11)20-14(21)12-5-6-13(16)23-12/h3-6,8H,2,7H2,1H3,(H,20,21). The predicted octanol–water partition coefficient (Wildman–Crippen LogP) is 5.46. The maximum Gasteiger partial charge on any atom is 0.416 e. The van der Waals surface area contributed by atoms with Crippen LogP contribution in [0.25, 0.3) is 0 Å². The van der Waals surface area contributed by atoms with Gasteiger partial charge in [-0.15, -0.1) is 11.3 Å². The highest BCUT2D eigenvalue weighted by Gasteiger charge is 2.31. The van der Waals surface area contributed by atoms with Gasteiger partial charge in [0.25, 0.3) is 5.91 Å². The topological polar surface area (TPSA) is 38.3 Å². The summed E-state index contributed by atoms with van der Waals surface area (Å²) in [7, 11) is 0. The Balaban J connectivity index is 2.30. The van der Waals surface area contributed by atoms with Crippen LogP contribution in [0.1, 0.15) is 28.6 Å². The van der Waals surface area contributed by atoms with Gasteiger partial charge in [-0.3, -0.25) is 4.79 Å². The molecule has 0 saturated heterocycles. The van der Waals surface area contributed by atoms with E-state index in [2.05, 4.69) is 5.32 Å². The Labute approximate surface area is 140 Å². The van der Waals surface area contributed by atoms with Crippen LogP contribution in [0.5, 0.6) is 5.75 Å². The zero-order valence-electron chi connectivity index (χ0n) is 12.0. The molecule has 0 fully saturated rings. The molecule has 0 atom stereocenters. The number of ether oxygens (including phenoxy) is 1. The molecule has 1 aromatic carbocycles. The molecule has 0 radical (unpaired) electrons. The molecule has 0 saturated carbocycles. The Morgan fingerprint density at radius 1 is 1.30 bits per heavy atom. The van der Waals surface area contributed by atoms with E-state index in [0.717, 1.165) is 23.5 Å². The number of nitrogens with one attached hydrogen (secondary N) is 1. The van der Waals surface area contributed by atoms with Crippen molar-refractivity contribution in [2.75, 3.05) is 11.9 Å². The maximum atomic E-state index is 12.8. The van der Waals surface area contributed by atoms with E-state index in [0.29, 0.717) is 22.2 Å². The second kappa shape index (κ2) is 7.23. The summed E-state index contributed by atoms with van der Waals surface area (Å²) in [5.74, 6) is -0.349. The monoisotopic (exact) mass is 363 g/mol. The molecule has 1 amide bonds. The van der Waals surface area contributed by atoms with Crippen molar-refractivity contribution in [3.8, 4) is 5.75 Å². The molecule has 2 rings (SSSR count). The number of alkyl halides is 3. The number of thiophene rings is 1. The smallest absolute Gasteiger partial charge is 0.416 e. The first-order chi connectivity index (χ1) is 10.8. The van der Waals surface area contributed by atoms with Gasteiger partial charge in [0.1, 0.15) is 5.75 Å². The van der Waals surface area contributed by atoms with E-state index in [-0.39, 0.29) is 11.4 Å². The van der Waals surface area contributed by atoms with Crippen LogP contribution in [-0.2, 0) is 6.18 Å². The largest absolute Gasteiger partial charge is 0.491 e. The summed E-state index contributed by atoms with van der Waals surface area (Å²) in [6.45, 7) is 2.20. The average Bonchev–Trinajstić information content (AvgIpc) is 2.91. The summed E-state index contributed by atoms with van der Waals surface area (Å²) in [4.78, 5) is 12.4. The lowest BCUT2D eigenvalue weighted by atomic mass is 10.1. The van der Waals surface area contributed by atoms with Crippen molar-refractivity contribution < 1.29 is 22.7 Å². The fraction of sp³-hybridized carbons (Fsp3) is 0.267. The van der Waals surface area contributed by atoms with Crippen molar-refractivity contribution in [3.63, 3.8) is 0 Å². The average molecular weight is 364 g/mol. The van der Waals surface area contributed by atoms with Gasteiger partial charge in [-0.05, 0) is 36.8 Å². The number of benzene rings is 1. The molecule has 0 aliphatic rings. The number of hydrogen-bond acceptors (Lipinski definition) is 3. The summed E-state index contributed by atoms with van der Waals surface area (Å²) < 4.78 is 44.3. The fourth-order valence-corrected chi connectivity index (χ4v) is 2.70. The van der Waals surface area contributed by atoms with Crippen LogP contribution < -0.4 is 10.1 Å². The van der Waals surface area contributed by atoms with Gasteiger partial charge in [-0.1, -0.05) is 18.5 Å². The highest BCUT2D eigenvalue weighted by Crippen LogP contribution is 2.35. The Kier molecular flexibility index (Phi) is 5.54. The van der Waals surface area contributed by atoms with Crippen molar-refractivity contribution in [2.45, 2.75) is 19.5 Å². The lowest BCUT2D eigenvalue weighted by Gasteiger charge is -2.14. The van der Waals surface area contributed by atoms with E-state index in [1.807, 2.05) is 6.92 Å². The Morgan fingerprint density at radius 3 is 2.61 bits per heavy atom. The molecule has 124 valence electrons. The van der Waals surface area contributed by atoms with Crippen molar-refractivity contribution in [1.82, 2.24) is 0 Å². The number of amides is 1. The molecule has 2 aromatic rings. The third-order valence-electron chi connectivity index (χ3n) is 2.81. The van der Waals surface area contributed by atoms with Crippen LogP contribution in [0.4, 0.5) is 18.9 Å². The zero-order chi connectivity index (χ0) is 17.0. The Hall–Kier alpha value is -1.73. The summed E-state index contributed by atoms with van der Waals surface area (Å²) in [6.07, 6.45) is -3.82. The van der Waals surface area contributed by atoms with E-state index in [1.165, 1.54) is 12.1 Å².